The van der Waals surface area contributed by atoms with E-state index in [0.29, 0.717) is 24.7 Å². The first kappa shape index (κ1) is 15.8. The van der Waals surface area contributed by atoms with E-state index in [4.69, 9.17) is 9.47 Å². The molecule has 0 atom stereocenters. The van der Waals surface area contributed by atoms with Crippen LogP contribution in [-0.4, -0.2) is 26.2 Å². The van der Waals surface area contributed by atoms with Gasteiger partial charge in [0.25, 0.3) is 0 Å². The molecule has 0 unspecified atom stereocenters. The smallest absolute Gasteiger partial charge is 0.224 e. The molecular weight excluding hydrogens is 285 g/mol. The molecule has 5 heteroatoms. The number of carbonyl (C=O) groups excluding carboxylic acids is 1. The molecule has 2 aromatic carbocycles. The normalized spacial score (nSPS) is 10.1. The quantitative estimate of drug-likeness (QED) is 0.800. The highest BCUT2D eigenvalue weighted by Gasteiger charge is 2.05. The number of amides is 1. The Bertz CT molecular complexity index is 614. The van der Waals surface area contributed by atoms with Crippen LogP contribution >= 0.6 is 0 Å². The summed E-state index contributed by atoms with van der Waals surface area (Å²) >= 11 is 0. The highest BCUT2D eigenvalue weighted by molar-refractivity contribution is 5.78. The maximum Gasteiger partial charge on any atom is 0.224 e. The number of benzene rings is 2. The minimum atomic E-state index is -0.311. The van der Waals surface area contributed by atoms with Crippen molar-refractivity contribution in [3.63, 3.8) is 0 Å². The Hall–Kier alpha value is -2.56. The van der Waals surface area contributed by atoms with Gasteiger partial charge in [0.05, 0.1) is 20.1 Å². The van der Waals surface area contributed by atoms with E-state index in [-0.39, 0.29) is 18.1 Å². The first-order chi connectivity index (χ1) is 10.7. The lowest BCUT2D eigenvalue weighted by Crippen LogP contribution is -2.29. The summed E-state index contributed by atoms with van der Waals surface area (Å²) in [5, 5.41) is 2.75. The molecule has 2 aromatic rings. The van der Waals surface area contributed by atoms with Gasteiger partial charge in [-0.25, -0.2) is 4.39 Å². The Morgan fingerprint density at radius 3 is 2.45 bits per heavy atom. The van der Waals surface area contributed by atoms with Crippen molar-refractivity contribution >= 4 is 5.91 Å². The highest BCUT2D eigenvalue weighted by atomic mass is 19.1. The standard InChI is InChI=1S/C17H18FNO3/c1-21-15-4-2-3-5-16(15)22-11-10-19-17(20)12-13-6-8-14(18)9-7-13/h2-9H,10-12H2,1H3,(H,19,20). The molecule has 116 valence electrons. The number of hydrogen-bond acceptors (Lipinski definition) is 3. The van der Waals surface area contributed by atoms with Crippen molar-refractivity contribution in [3.8, 4) is 11.5 Å². The fraction of sp³-hybridized carbons (Fsp3) is 0.235. The molecule has 0 heterocycles. The van der Waals surface area contributed by atoms with Gasteiger partial charge in [0.2, 0.25) is 5.91 Å². The summed E-state index contributed by atoms with van der Waals surface area (Å²) in [5.74, 6) is 0.850. The van der Waals surface area contributed by atoms with Gasteiger partial charge >= 0.3 is 0 Å². The maximum atomic E-state index is 12.8. The van der Waals surface area contributed by atoms with Gasteiger partial charge in [0.1, 0.15) is 12.4 Å². The van der Waals surface area contributed by atoms with E-state index in [2.05, 4.69) is 5.32 Å². The van der Waals surface area contributed by atoms with E-state index in [1.165, 1.54) is 12.1 Å². The van der Waals surface area contributed by atoms with Crippen molar-refractivity contribution in [2.75, 3.05) is 20.3 Å². The summed E-state index contributed by atoms with van der Waals surface area (Å²) in [7, 11) is 1.58. The van der Waals surface area contributed by atoms with Gasteiger partial charge in [-0.1, -0.05) is 24.3 Å². The van der Waals surface area contributed by atoms with Gasteiger partial charge < -0.3 is 14.8 Å². The Labute approximate surface area is 128 Å². The van der Waals surface area contributed by atoms with Crippen LogP contribution in [-0.2, 0) is 11.2 Å². The summed E-state index contributed by atoms with van der Waals surface area (Å²) < 4.78 is 23.5. The molecule has 0 aliphatic heterocycles. The summed E-state index contributed by atoms with van der Waals surface area (Å²) in [6, 6.07) is 13.2. The lowest BCUT2D eigenvalue weighted by Gasteiger charge is -2.10. The van der Waals surface area contributed by atoms with E-state index in [9.17, 15) is 9.18 Å². The second kappa shape index (κ2) is 8.02. The average molecular weight is 303 g/mol. The van der Waals surface area contributed by atoms with Crippen LogP contribution in [0.3, 0.4) is 0 Å². The third-order valence-corrected chi connectivity index (χ3v) is 3.03. The van der Waals surface area contributed by atoms with Gasteiger partial charge in [-0.05, 0) is 29.8 Å². The first-order valence-electron chi connectivity index (χ1n) is 6.96. The van der Waals surface area contributed by atoms with E-state index in [1.54, 1.807) is 25.3 Å². The molecule has 0 bridgehead atoms. The SMILES string of the molecule is COc1ccccc1OCCNC(=O)Cc1ccc(F)cc1. The van der Waals surface area contributed by atoms with Crippen LogP contribution in [0.1, 0.15) is 5.56 Å². The zero-order chi connectivity index (χ0) is 15.8. The Morgan fingerprint density at radius 1 is 1.09 bits per heavy atom. The molecule has 1 amide bonds. The predicted octanol–water partition coefficient (Wildman–Crippen LogP) is 2.57. The number of halogens is 1. The lowest BCUT2D eigenvalue weighted by molar-refractivity contribution is -0.120. The monoisotopic (exact) mass is 303 g/mol. The summed E-state index contributed by atoms with van der Waals surface area (Å²) in [6.45, 7) is 0.730. The van der Waals surface area contributed by atoms with Crippen LogP contribution in [0.4, 0.5) is 4.39 Å². The summed E-state index contributed by atoms with van der Waals surface area (Å²) in [5.41, 5.74) is 0.768. The van der Waals surface area contributed by atoms with Crippen LogP contribution in [0, 0.1) is 5.82 Å². The molecule has 0 aliphatic carbocycles. The minimum absolute atomic E-state index is 0.129. The molecule has 0 aliphatic rings. The Morgan fingerprint density at radius 2 is 1.77 bits per heavy atom. The van der Waals surface area contributed by atoms with Gasteiger partial charge in [0.15, 0.2) is 11.5 Å². The molecule has 0 saturated carbocycles. The maximum absolute atomic E-state index is 12.8. The lowest BCUT2D eigenvalue weighted by atomic mass is 10.1. The van der Waals surface area contributed by atoms with Crippen molar-refractivity contribution in [2.45, 2.75) is 6.42 Å². The molecule has 22 heavy (non-hydrogen) atoms. The van der Waals surface area contributed by atoms with Gasteiger partial charge in [-0.15, -0.1) is 0 Å². The molecule has 4 nitrogen and oxygen atoms in total. The second-order valence-electron chi connectivity index (χ2n) is 4.65. The zero-order valence-corrected chi connectivity index (χ0v) is 12.3. The Balaban J connectivity index is 1.72. The van der Waals surface area contributed by atoms with Crippen molar-refractivity contribution in [3.05, 3.63) is 59.9 Å². The summed E-state index contributed by atoms with van der Waals surface area (Å²) in [6.07, 6.45) is 0.217. The molecule has 1 N–H and O–H groups in total. The Kier molecular flexibility index (Phi) is 5.77. The van der Waals surface area contributed by atoms with Gasteiger partial charge in [0, 0.05) is 0 Å². The fourth-order valence-electron chi connectivity index (χ4n) is 1.94. The fourth-order valence-corrected chi connectivity index (χ4v) is 1.94. The number of rotatable bonds is 7. The number of ether oxygens (including phenoxy) is 2. The number of nitrogens with one attached hydrogen (secondary N) is 1. The van der Waals surface area contributed by atoms with Crippen LogP contribution in [0.25, 0.3) is 0 Å². The number of carbonyl (C=O) groups is 1. The zero-order valence-electron chi connectivity index (χ0n) is 12.3. The molecule has 2 rings (SSSR count). The van der Waals surface area contributed by atoms with Gasteiger partial charge in [-0.2, -0.15) is 0 Å². The number of para-hydroxylation sites is 2. The van der Waals surface area contributed by atoms with Crippen molar-refractivity contribution in [1.29, 1.82) is 0 Å². The molecule has 0 aromatic heterocycles. The third kappa shape index (κ3) is 4.77. The third-order valence-electron chi connectivity index (χ3n) is 3.03. The first-order valence-corrected chi connectivity index (χ1v) is 6.96. The minimum Gasteiger partial charge on any atom is -0.493 e. The van der Waals surface area contributed by atoms with E-state index in [0.717, 1.165) is 5.56 Å². The number of hydrogen-bond donors (Lipinski definition) is 1. The molecule has 0 radical (unpaired) electrons. The molecule has 0 fully saturated rings. The van der Waals surface area contributed by atoms with Crippen molar-refractivity contribution in [2.24, 2.45) is 0 Å². The van der Waals surface area contributed by atoms with Crippen molar-refractivity contribution in [1.82, 2.24) is 5.32 Å². The molecule has 0 spiro atoms. The topological polar surface area (TPSA) is 47.6 Å². The predicted molar refractivity (Wildman–Crippen MR) is 81.6 cm³/mol. The van der Waals surface area contributed by atoms with Crippen LogP contribution in [0.15, 0.2) is 48.5 Å². The number of methoxy groups -OCH3 is 1. The van der Waals surface area contributed by atoms with E-state index in [1.807, 2.05) is 18.2 Å². The average Bonchev–Trinajstić information content (AvgIpc) is 2.54. The van der Waals surface area contributed by atoms with Crippen LogP contribution in [0.5, 0.6) is 11.5 Å². The van der Waals surface area contributed by atoms with Crippen LogP contribution in [0.2, 0.25) is 0 Å². The van der Waals surface area contributed by atoms with E-state index < -0.39 is 0 Å². The largest absolute Gasteiger partial charge is 0.493 e. The van der Waals surface area contributed by atoms with E-state index >= 15 is 0 Å². The van der Waals surface area contributed by atoms with Crippen LogP contribution < -0.4 is 14.8 Å². The molecular formula is C17H18FNO3. The van der Waals surface area contributed by atoms with Crippen molar-refractivity contribution < 1.29 is 18.7 Å². The summed E-state index contributed by atoms with van der Waals surface area (Å²) in [4.78, 5) is 11.7. The molecule has 0 saturated heterocycles. The van der Waals surface area contributed by atoms with Gasteiger partial charge in [-0.3, -0.25) is 4.79 Å². The highest BCUT2D eigenvalue weighted by Crippen LogP contribution is 2.25. The second-order valence-corrected chi connectivity index (χ2v) is 4.65.